The van der Waals surface area contributed by atoms with Gasteiger partial charge in [-0.15, -0.1) is 0 Å². The Morgan fingerprint density at radius 3 is 1.41 bits per heavy atom. The summed E-state index contributed by atoms with van der Waals surface area (Å²) in [5.41, 5.74) is 15.5. The van der Waals surface area contributed by atoms with Crippen LogP contribution in [0.4, 0.5) is 34.1 Å². The summed E-state index contributed by atoms with van der Waals surface area (Å²) >= 11 is 0. The molecule has 1 heterocycles. The Morgan fingerprint density at radius 1 is 0.352 bits per heavy atom. The van der Waals surface area contributed by atoms with Crippen LogP contribution in [0, 0.1) is 0 Å². The summed E-state index contributed by atoms with van der Waals surface area (Å²) in [6.07, 6.45) is 0. The van der Waals surface area contributed by atoms with Crippen molar-refractivity contribution in [2.75, 3.05) is 9.80 Å². The van der Waals surface area contributed by atoms with Crippen LogP contribution < -0.4 is 9.80 Å². The molecule has 9 aromatic rings. The molecule has 0 saturated carbocycles. The van der Waals surface area contributed by atoms with E-state index in [4.69, 9.17) is 0 Å². The van der Waals surface area contributed by atoms with Crippen molar-refractivity contribution >= 4 is 55.9 Å². The van der Waals surface area contributed by atoms with E-state index in [1.165, 1.54) is 44.1 Å². The molecular formula is C51H39N3. The van der Waals surface area contributed by atoms with Crippen molar-refractivity contribution in [2.24, 2.45) is 0 Å². The van der Waals surface area contributed by atoms with E-state index in [2.05, 4.69) is 228 Å². The van der Waals surface area contributed by atoms with Crippen LogP contribution in [-0.2, 0) is 5.41 Å². The second kappa shape index (κ2) is 12.7. The molecule has 1 aliphatic rings. The van der Waals surface area contributed by atoms with Crippen LogP contribution in [0.2, 0.25) is 0 Å². The van der Waals surface area contributed by atoms with Gasteiger partial charge in [-0.2, -0.15) is 0 Å². The highest BCUT2D eigenvalue weighted by Crippen LogP contribution is 2.51. The van der Waals surface area contributed by atoms with Gasteiger partial charge in [0.15, 0.2) is 0 Å². The molecule has 3 nitrogen and oxygen atoms in total. The van der Waals surface area contributed by atoms with Gasteiger partial charge in [-0.25, -0.2) is 0 Å². The second-order valence-electron chi connectivity index (χ2n) is 14.7. The predicted octanol–water partition coefficient (Wildman–Crippen LogP) is 14.0. The fourth-order valence-electron chi connectivity index (χ4n) is 8.59. The lowest BCUT2D eigenvalue weighted by Gasteiger charge is -2.26. The van der Waals surface area contributed by atoms with Crippen LogP contribution in [0.25, 0.3) is 38.6 Å². The standard InChI is InChI=1S/C51H39N3/c1-51(2)47-29-16-15-28-43(47)44-35-50-46(34-48(44)51)45-33-42(53(38-22-11-5-12-23-38)39-24-13-6-14-25-39)30-31-49(45)54(50)41-27-17-26-40(32-41)52(36-18-7-3-8-19-36)37-20-9-4-10-21-37/h3-35H,1-2H3. The zero-order valence-corrected chi connectivity index (χ0v) is 30.4. The zero-order valence-electron chi connectivity index (χ0n) is 30.4. The fourth-order valence-corrected chi connectivity index (χ4v) is 8.59. The first-order valence-electron chi connectivity index (χ1n) is 18.7. The number of para-hydroxylation sites is 4. The van der Waals surface area contributed by atoms with E-state index in [0.29, 0.717) is 0 Å². The molecule has 0 atom stereocenters. The number of benzene rings is 8. The number of nitrogens with zero attached hydrogens (tertiary/aromatic N) is 3. The summed E-state index contributed by atoms with van der Waals surface area (Å²) in [5.74, 6) is 0. The highest BCUT2D eigenvalue weighted by Gasteiger charge is 2.36. The molecule has 54 heavy (non-hydrogen) atoms. The van der Waals surface area contributed by atoms with Crippen molar-refractivity contribution < 1.29 is 0 Å². The first kappa shape index (κ1) is 31.9. The summed E-state index contributed by atoms with van der Waals surface area (Å²) < 4.78 is 2.47. The molecule has 3 heteroatoms. The van der Waals surface area contributed by atoms with Crippen LogP contribution in [0.15, 0.2) is 200 Å². The first-order chi connectivity index (χ1) is 26.6. The van der Waals surface area contributed by atoms with Crippen molar-refractivity contribution in [3.63, 3.8) is 0 Å². The molecule has 0 amide bonds. The van der Waals surface area contributed by atoms with Gasteiger partial charge in [-0.1, -0.05) is 117 Å². The number of fused-ring (bicyclic) bond motifs is 6. The maximum atomic E-state index is 2.48. The topological polar surface area (TPSA) is 11.4 Å². The zero-order chi connectivity index (χ0) is 36.2. The highest BCUT2D eigenvalue weighted by atomic mass is 15.2. The highest BCUT2D eigenvalue weighted by molar-refractivity contribution is 6.13. The Kier molecular flexibility index (Phi) is 7.48. The van der Waals surface area contributed by atoms with E-state index in [1.807, 2.05) is 0 Å². The Bertz CT molecular complexity index is 2710. The second-order valence-corrected chi connectivity index (χ2v) is 14.7. The summed E-state index contributed by atoms with van der Waals surface area (Å²) in [7, 11) is 0. The molecule has 0 radical (unpaired) electrons. The molecule has 0 unspecified atom stereocenters. The van der Waals surface area contributed by atoms with Gasteiger partial charge in [-0.05, 0) is 119 Å². The molecule has 8 aromatic carbocycles. The molecule has 10 rings (SSSR count). The average molecular weight is 694 g/mol. The molecule has 0 N–H and O–H groups in total. The predicted molar refractivity (Wildman–Crippen MR) is 228 cm³/mol. The Labute approximate surface area is 316 Å². The van der Waals surface area contributed by atoms with Gasteiger partial charge in [0, 0.05) is 56.0 Å². The van der Waals surface area contributed by atoms with Crippen LogP contribution in [0.1, 0.15) is 25.0 Å². The third-order valence-electron chi connectivity index (χ3n) is 11.1. The Balaban J connectivity index is 1.24. The monoisotopic (exact) mass is 693 g/mol. The van der Waals surface area contributed by atoms with E-state index < -0.39 is 0 Å². The van der Waals surface area contributed by atoms with Crippen LogP contribution in [0.3, 0.4) is 0 Å². The minimum Gasteiger partial charge on any atom is -0.310 e. The van der Waals surface area contributed by atoms with Crippen LogP contribution >= 0.6 is 0 Å². The van der Waals surface area contributed by atoms with Gasteiger partial charge in [-0.3, -0.25) is 0 Å². The third kappa shape index (κ3) is 5.12. The van der Waals surface area contributed by atoms with E-state index in [0.717, 1.165) is 39.8 Å². The number of rotatable bonds is 7. The summed E-state index contributed by atoms with van der Waals surface area (Å²) in [6.45, 7) is 4.73. The van der Waals surface area contributed by atoms with Crippen molar-refractivity contribution in [1.29, 1.82) is 0 Å². The normalized spacial score (nSPS) is 12.8. The SMILES string of the molecule is CC1(C)c2ccccc2-c2cc3c(cc21)c1cc(N(c2ccccc2)c2ccccc2)ccc1n3-c1cccc(N(c2ccccc2)c2ccccc2)c1. The van der Waals surface area contributed by atoms with E-state index in [1.54, 1.807) is 0 Å². The van der Waals surface area contributed by atoms with E-state index in [-0.39, 0.29) is 5.41 Å². The van der Waals surface area contributed by atoms with Crippen molar-refractivity contribution in [1.82, 2.24) is 4.57 Å². The minimum absolute atomic E-state index is 0.113. The molecule has 258 valence electrons. The van der Waals surface area contributed by atoms with Crippen molar-refractivity contribution in [2.45, 2.75) is 19.3 Å². The van der Waals surface area contributed by atoms with Crippen LogP contribution in [0.5, 0.6) is 0 Å². The van der Waals surface area contributed by atoms with Gasteiger partial charge >= 0.3 is 0 Å². The maximum Gasteiger partial charge on any atom is 0.0547 e. The maximum absolute atomic E-state index is 2.48. The number of hydrogen-bond acceptors (Lipinski definition) is 2. The van der Waals surface area contributed by atoms with E-state index in [9.17, 15) is 0 Å². The molecular weight excluding hydrogens is 655 g/mol. The van der Waals surface area contributed by atoms with Gasteiger partial charge in [0.2, 0.25) is 0 Å². The first-order valence-corrected chi connectivity index (χ1v) is 18.7. The molecule has 1 aliphatic carbocycles. The smallest absolute Gasteiger partial charge is 0.0547 e. The molecule has 0 spiro atoms. The average Bonchev–Trinajstić information content (AvgIpc) is 3.66. The minimum atomic E-state index is -0.113. The third-order valence-corrected chi connectivity index (χ3v) is 11.1. The summed E-state index contributed by atoms with van der Waals surface area (Å²) in [4.78, 5) is 4.69. The van der Waals surface area contributed by atoms with Gasteiger partial charge in [0.1, 0.15) is 0 Å². The Hall–Kier alpha value is -6.84. The number of anilines is 6. The lowest BCUT2D eigenvalue weighted by atomic mass is 9.82. The molecule has 0 saturated heterocycles. The lowest BCUT2D eigenvalue weighted by molar-refractivity contribution is 0.661. The fraction of sp³-hybridized carbons (Fsp3) is 0.0588. The summed E-state index contributed by atoms with van der Waals surface area (Å²) in [6, 6.07) is 72.4. The molecule has 0 bridgehead atoms. The number of aromatic nitrogens is 1. The molecule has 1 aromatic heterocycles. The van der Waals surface area contributed by atoms with Crippen LogP contribution in [-0.4, -0.2) is 4.57 Å². The molecule has 0 aliphatic heterocycles. The van der Waals surface area contributed by atoms with Crippen molar-refractivity contribution in [3.8, 4) is 16.8 Å². The van der Waals surface area contributed by atoms with Crippen molar-refractivity contribution in [3.05, 3.63) is 211 Å². The summed E-state index contributed by atoms with van der Waals surface area (Å²) in [5, 5.41) is 2.48. The van der Waals surface area contributed by atoms with E-state index >= 15 is 0 Å². The quantitative estimate of drug-likeness (QED) is 0.165. The van der Waals surface area contributed by atoms with Gasteiger partial charge in [0.05, 0.1) is 11.0 Å². The lowest BCUT2D eigenvalue weighted by Crippen LogP contribution is -2.14. The molecule has 0 fully saturated rings. The largest absolute Gasteiger partial charge is 0.310 e. The Morgan fingerprint density at radius 2 is 0.833 bits per heavy atom. The van der Waals surface area contributed by atoms with Gasteiger partial charge < -0.3 is 14.4 Å². The number of hydrogen-bond donors (Lipinski definition) is 0. The van der Waals surface area contributed by atoms with Gasteiger partial charge in [0.25, 0.3) is 0 Å².